The Morgan fingerprint density at radius 3 is 2.53 bits per heavy atom. The van der Waals surface area contributed by atoms with Crippen molar-refractivity contribution in [2.45, 2.75) is 61.3 Å². The van der Waals surface area contributed by atoms with Crippen LogP contribution in [0.2, 0.25) is 5.02 Å². The lowest BCUT2D eigenvalue weighted by Crippen LogP contribution is -1.99. The molecular weight excluding hydrogens is 472 g/mol. The van der Waals surface area contributed by atoms with E-state index in [1.807, 2.05) is 66.7 Å². The van der Waals surface area contributed by atoms with Crippen molar-refractivity contribution in [2.75, 3.05) is 0 Å². The second kappa shape index (κ2) is 13.4. The van der Waals surface area contributed by atoms with Crippen LogP contribution in [-0.2, 0) is 12.8 Å². The van der Waals surface area contributed by atoms with Gasteiger partial charge in [0.2, 0.25) is 11.8 Å². The van der Waals surface area contributed by atoms with E-state index >= 15 is 0 Å². The van der Waals surface area contributed by atoms with Gasteiger partial charge in [-0.25, -0.2) is 0 Å². The Bertz CT molecular complexity index is 1330. The van der Waals surface area contributed by atoms with Gasteiger partial charge in [0.05, 0.1) is 28.6 Å². The summed E-state index contributed by atoms with van der Waals surface area (Å²) in [6.45, 7) is 17.4. The number of nitrogens with zero attached hydrogens (tertiary/aromatic N) is 4. The molecule has 2 aromatic carbocycles. The van der Waals surface area contributed by atoms with Crippen LogP contribution in [0.5, 0.6) is 11.5 Å². The first-order chi connectivity index (χ1) is 17.3. The molecule has 0 amide bonds. The van der Waals surface area contributed by atoms with Gasteiger partial charge in [-0.15, -0.1) is 10.2 Å². The number of nitriles is 1. The van der Waals surface area contributed by atoms with E-state index < -0.39 is 0 Å². The number of hydrogen-bond acceptors (Lipinski definition) is 6. The summed E-state index contributed by atoms with van der Waals surface area (Å²) in [6, 6.07) is 11.4. The van der Waals surface area contributed by atoms with Crippen molar-refractivity contribution in [1.82, 2.24) is 10.2 Å². The predicted octanol–water partition coefficient (Wildman–Crippen LogP) is 8.27. The lowest BCUT2D eigenvalue weighted by Gasteiger charge is -2.14. The topological polar surface area (TPSA) is 84.3 Å². The van der Waals surface area contributed by atoms with Crippen molar-refractivity contribution in [3.63, 3.8) is 0 Å². The highest BCUT2D eigenvalue weighted by Gasteiger charge is 2.18. The molecule has 3 rings (SSSR count). The van der Waals surface area contributed by atoms with E-state index in [2.05, 4.69) is 27.8 Å². The molecule has 188 valence electrons. The summed E-state index contributed by atoms with van der Waals surface area (Å²) in [5.74, 6) is 2.00. The van der Waals surface area contributed by atoms with E-state index in [1.54, 1.807) is 12.1 Å². The lowest BCUT2D eigenvalue weighted by molar-refractivity contribution is 0.475. The lowest BCUT2D eigenvalue weighted by atomic mass is 10.0. The average Bonchev–Trinajstić information content (AvgIpc) is 3.32. The van der Waals surface area contributed by atoms with E-state index in [4.69, 9.17) is 20.8 Å². The molecule has 0 saturated carbocycles. The van der Waals surface area contributed by atoms with E-state index in [9.17, 15) is 5.26 Å². The van der Waals surface area contributed by atoms with Gasteiger partial charge in [-0.3, -0.25) is 4.99 Å². The molecule has 0 fully saturated rings. The molecule has 7 heteroatoms. The van der Waals surface area contributed by atoms with E-state index in [0.717, 1.165) is 40.0 Å². The first-order valence-corrected chi connectivity index (χ1v) is 12.3. The van der Waals surface area contributed by atoms with Crippen LogP contribution in [0, 0.1) is 18.3 Å². The summed E-state index contributed by atoms with van der Waals surface area (Å²) in [7, 11) is 0. The van der Waals surface area contributed by atoms with Crippen LogP contribution < -0.4 is 4.74 Å². The normalized spacial score (nSPS) is 10.7. The fraction of sp³-hybridized carbons (Fsp3) is 0.310. The van der Waals surface area contributed by atoms with Gasteiger partial charge in [0, 0.05) is 11.9 Å². The monoisotopic (exact) mass is 504 g/mol. The highest BCUT2D eigenvalue weighted by molar-refractivity contribution is 6.32. The number of rotatable bonds is 8. The van der Waals surface area contributed by atoms with Gasteiger partial charge in [-0.1, -0.05) is 50.6 Å². The molecule has 0 aliphatic carbocycles. The standard InChI is InChI=1S/C27H27ClN4O2.C2H6/c1-7-19-11-20(15-29)13-22(12-19)33-26-17(5)21(9-10-23(26)28)14-24-31-32-27(34-24)25(16(3)4)18(6)30-8-2;1-2/h8-13H,2,7,14H2,1,3-6H3;1-2H3. The molecule has 0 radical (unpaired) electrons. The summed E-state index contributed by atoms with van der Waals surface area (Å²) in [4.78, 5) is 4.26. The molecule has 0 bridgehead atoms. The van der Waals surface area contributed by atoms with Crippen LogP contribution in [-0.4, -0.2) is 15.9 Å². The second-order valence-electron chi connectivity index (χ2n) is 8.04. The molecule has 0 N–H and O–H groups in total. The zero-order chi connectivity index (χ0) is 26.8. The summed E-state index contributed by atoms with van der Waals surface area (Å²) in [5.41, 5.74) is 5.94. The Kier molecular flexibility index (Phi) is 10.6. The van der Waals surface area contributed by atoms with Crippen LogP contribution >= 0.6 is 11.6 Å². The first kappa shape index (κ1) is 28.5. The summed E-state index contributed by atoms with van der Waals surface area (Å²) < 4.78 is 12.1. The molecule has 6 nitrogen and oxygen atoms in total. The molecule has 1 aromatic heterocycles. The number of hydrogen-bond donors (Lipinski definition) is 0. The average molecular weight is 505 g/mol. The van der Waals surface area contributed by atoms with Gasteiger partial charge < -0.3 is 9.15 Å². The third-order valence-corrected chi connectivity index (χ3v) is 5.66. The number of halogens is 1. The summed E-state index contributed by atoms with van der Waals surface area (Å²) >= 11 is 6.48. The van der Waals surface area contributed by atoms with Crippen molar-refractivity contribution in [2.24, 2.45) is 4.99 Å². The number of aliphatic imine (C=N–C) groups is 1. The van der Waals surface area contributed by atoms with Crippen molar-refractivity contribution < 1.29 is 9.15 Å². The van der Waals surface area contributed by atoms with Crippen LogP contribution in [0.1, 0.15) is 75.6 Å². The Balaban J connectivity index is 0.00000222. The molecule has 0 atom stereocenters. The molecule has 0 aliphatic rings. The van der Waals surface area contributed by atoms with Crippen LogP contribution in [0.25, 0.3) is 5.57 Å². The van der Waals surface area contributed by atoms with Crippen molar-refractivity contribution in [1.29, 1.82) is 5.26 Å². The number of ether oxygens (including phenoxy) is 1. The van der Waals surface area contributed by atoms with Crippen molar-refractivity contribution in [3.05, 3.63) is 87.7 Å². The molecule has 0 aliphatic heterocycles. The zero-order valence-electron chi connectivity index (χ0n) is 22.1. The van der Waals surface area contributed by atoms with Gasteiger partial charge >= 0.3 is 0 Å². The zero-order valence-corrected chi connectivity index (χ0v) is 22.8. The Labute approximate surface area is 219 Å². The Morgan fingerprint density at radius 2 is 1.92 bits per heavy atom. The quantitative estimate of drug-likeness (QED) is 0.288. The van der Waals surface area contributed by atoms with Crippen LogP contribution in [0.3, 0.4) is 0 Å². The van der Waals surface area contributed by atoms with Crippen molar-refractivity contribution >= 4 is 22.9 Å². The molecule has 36 heavy (non-hydrogen) atoms. The van der Waals surface area contributed by atoms with E-state index in [-0.39, 0.29) is 0 Å². The highest BCUT2D eigenvalue weighted by atomic mass is 35.5. The smallest absolute Gasteiger partial charge is 0.249 e. The third-order valence-electron chi connectivity index (χ3n) is 5.36. The Morgan fingerprint density at radius 1 is 1.19 bits per heavy atom. The van der Waals surface area contributed by atoms with Crippen LogP contribution in [0.4, 0.5) is 0 Å². The van der Waals surface area contributed by atoms with Crippen LogP contribution in [0.15, 0.2) is 58.1 Å². The minimum absolute atomic E-state index is 0.415. The second-order valence-corrected chi connectivity index (χ2v) is 8.45. The fourth-order valence-corrected chi connectivity index (χ4v) is 3.89. The number of allylic oxidation sites excluding steroid dienone is 2. The number of benzene rings is 2. The minimum Gasteiger partial charge on any atom is -0.455 e. The SMILES string of the molecule is C=CN=C(C)C(=C(C)C)c1nnc(Cc2ccc(Cl)c(Oc3cc(C#N)cc(CC)c3)c2C)o1.CC. The maximum absolute atomic E-state index is 9.33. The molecule has 0 unspecified atom stereocenters. The summed E-state index contributed by atoms with van der Waals surface area (Å²) in [5, 5.41) is 18.3. The molecule has 1 heterocycles. The maximum Gasteiger partial charge on any atom is 0.249 e. The maximum atomic E-state index is 9.33. The van der Waals surface area contributed by atoms with Crippen molar-refractivity contribution in [3.8, 4) is 17.6 Å². The van der Waals surface area contributed by atoms with E-state index in [1.165, 1.54) is 6.20 Å². The highest BCUT2D eigenvalue weighted by Crippen LogP contribution is 2.36. The molecule has 0 spiro atoms. The largest absolute Gasteiger partial charge is 0.455 e. The van der Waals surface area contributed by atoms with Gasteiger partial charge in [0.15, 0.2) is 0 Å². The van der Waals surface area contributed by atoms with Gasteiger partial charge in [-0.05, 0) is 75.1 Å². The third kappa shape index (κ3) is 6.93. The predicted molar refractivity (Wildman–Crippen MR) is 147 cm³/mol. The minimum atomic E-state index is 0.415. The number of aryl methyl sites for hydroxylation is 1. The first-order valence-electron chi connectivity index (χ1n) is 11.9. The van der Waals surface area contributed by atoms with Gasteiger partial charge in [-0.2, -0.15) is 5.26 Å². The molecule has 3 aromatic rings. The number of aromatic nitrogens is 2. The Hall–Kier alpha value is -3.69. The van der Waals surface area contributed by atoms with Gasteiger partial charge in [0.1, 0.15) is 11.5 Å². The fourth-order valence-electron chi connectivity index (χ4n) is 3.64. The molecule has 0 saturated heterocycles. The van der Waals surface area contributed by atoms with E-state index in [0.29, 0.717) is 40.3 Å². The summed E-state index contributed by atoms with van der Waals surface area (Å²) in [6.07, 6.45) is 2.70. The molecular formula is C29H33ClN4O2. The van der Waals surface area contributed by atoms with Gasteiger partial charge in [0.25, 0.3) is 0 Å².